The van der Waals surface area contributed by atoms with Crippen LogP contribution in [0.1, 0.15) is 11.1 Å². The molecule has 0 saturated carbocycles. The Morgan fingerprint density at radius 1 is 1.33 bits per heavy atom. The number of benzene rings is 1. The second kappa shape index (κ2) is 6.06. The fourth-order valence-electron chi connectivity index (χ4n) is 1.74. The summed E-state index contributed by atoms with van der Waals surface area (Å²) in [5, 5.41) is 0. The van der Waals surface area contributed by atoms with Gasteiger partial charge in [-0.15, -0.1) is 0 Å². The first-order valence-electron chi connectivity index (χ1n) is 5.47. The van der Waals surface area contributed by atoms with Gasteiger partial charge in [-0.3, -0.25) is 4.90 Å². The summed E-state index contributed by atoms with van der Waals surface area (Å²) in [6.07, 6.45) is -4.20. The number of methoxy groups -OCH3 is 1. The van der Waals surface area contributed by atoms with E-state index < -0.39 is 12.7 Å². The first kappa shape index (κ1) is 14.8. The Balaban J connectivity index is 2.81. The molecule has 0 aliphatic heterocycles. The van der Waals surface area contributed by atoms with Crippen LogP contribution in [0, 0.1) is 0 Å². The van der Waals surface area contributed by atoms with E-state index in [9.17, 15) is 13.2 Å². The van der Waals surface area contributed by atoms with Crippen LogP contribution < -0.4 is 10.5 Å². The van der Waals surface area contributed by atoms with E-state index in [2.05, 4.69) is 0 Å². The second-order valence-corrected chi connectivity index (χ2v) is 4.14. The monoisotopic (exact) mass is 262 g/mol. The van der Waals surface area contributed by atoms with Crippen LogP contribution in [0.25, 0.3) is 0 Å². The molecule has 102 valence electrons. The van der Waals surface area contributed by atoms with E-state index in [-0.39, 0.29) is 6.54 Å². The Kier molecular flexibility index (Phi) is 4.98. The quantitative estimate of drug-likeness (QED) is 0.883. The van der Waals surface area contributed by atoms with E-state index in [0.717, 1.165) is 5.56 Å². The maximum atomic E-state index is 12.2. The third-order valence-corrected chi connectivity index (χ3v) is 2.47. The van der Waals surface area contributed by atoms with Crippen LogP contribution in [0.4, 0.5) is 13.2 Å². The predicted octanol–water partition coefficient (Wildman–Crippen LogP) is 2.15. The van der Waals surface area contributed by atoms with E-state index in [4.69, 9.17) is 10.5 Å². The van der Waals surface area contributed by atoms with Gasteiger partial charge in [0.25, 0.3) is 0 Å². The van der Waals surface area contributed by atoms with Crippen molar-refractivity contribution in [2.24, 2.45) is 5.73 Å². The van der Waals surface area contributed by atoms with Crippen molar-refractivity contribution < 1.29 is 17.9 Å². The number of rotatable bonds is 5. The molecule has 3 nitrogen and oxygen atoms in total. The summed E-state index contributed by atoms with van der Waals surface area (Å²) in [4.78, 5) is 1.19. The van der Waals surface area contributed by atoms with Gasteiger partial charge in [-0.25, -0.2) is 0 Å². The van der Waals surface area contributed by atoms with Gasteiger partial charge in [0.15, 0.2) is 0 Å². The first-order chi connectivity index (χ1) is 8.35. The lowest BCUT2D eigenvalue weighted by molar-refractivity contribution is -0.144. The molecule has 0 aliphatic rings. The van der Waals surface area contributed by atoms with Gasteiger partial charge in [0.05, 0.1) is 13.7 Å². The van der Waals surface area contributed by atoms with Gasteiger partial charge < -0.3 is 10.5 Å². The van der Waals surface area contributed by atoms with Crippen molar-refractivity contribution in [3.8, 4) is 5.75 Å². The molecule has 1 aromatic carbocycles. The van der Waals surface area contributed by atoms with Gasteiger partial charge in [-0.1, -0.05) is 6.07 Å². The summed E-state index contributed by atoms with van der Waals surface area (Å²) in [6, 6.07) is 5.29. The van der Waals surface area contributed by atoms with Crippen LogP contribution in [-0.4, -0.2) is 31.8 Å². The van der Waals surface area contributed by atoms with Gasteiger partial charge in [0, 0.05) is 18.7 Å². The van der Waals surface area contributed by atoms with E-state index in [0.29, 0.717) is 17.9 Å². The molecule has 0 bridgehead atoms. The van der Waals surface area contributed by atoms with Crippen molar-refractivity contribution in [1.29, 1.82) is 0 Å². The summed E-state index contributed by atoms with van der Waals surface area (Å²) in [5.74, 6) is 0.571. The molecule has 0 aliphatic carbocycles. The predicted molar refractivity (Wildman–Crippen MR) is 63.3 cm³/mol. The minimum Gasteiger partial charge on any atom is -0.496 e. The molecule has 0 unspecified atom stereocenters. The lowest BCUT2D eigenvalue weighted by Gasteiger charge is -2.20. The standard InChI is InChI=1S/C12H17F3N2O/c1-17(8-12(13,14)15)7-10-5-9(6-16)3-4-11(10)18-2/h3-5H,6-8,16H2,1-2H3. The maximum absolute atomic E-state index is 12.2. The number of nitrogens with two attached hydrogens (primary N) is 1. The molecule has 1 rings (SSSR count). The first-order valence-corrected chi connectivity index (χ1v) is 5.47. The number of halogens is 3. The molecular formula is C12H17F3N2O. The highest BCUT2D eigenvalue weighted by molar-refractivity contribution is 5.37. The molecule has 1 aromatic rings. The fraction of sp³-hybridized carbons (Fsp3) is 0.500. The van der Waals surface area contributed by atoms with Gasteiger partial charge in [-0.05, 0) is 24.7 Å². The number of nitrogens with zero attached hydrogens (tertiary/aromatic N) is 1. The van der Waals surface area contributed by atoms with Crippen molar-refractivity contribution >= 4 is 0 Å². The summed E-state index contributed by atoms with van der Waals surface area (Å²) >= 11 is 0. The van der Waals surface area contributed by atoms with Gasteiger partial charge in [0.2, 0.25) is 0 Å². The molecular weight excluding hydrogens is 245 g/mol. The van der Waals surface area contributed by atoms with E-state index >= 15 is 0 Å². The third kappa shape index (κ3) is 4.54. The van der Waals surface area contributed by atoms with Crippen molar-refractivity contribution in [3.63, 3.8) is 0 Å². The maximum Gasteiger partial charge on any atom is 0.401 e. The minimum absolute atomic E-state index is 0.163. The minimum atomic E-state index is -4.20. The Labute approximate surface area is 104 Å². The van der Waals surface area contributed by atoms with Crippen molar-refractivity contribution in [1.82, 2.24) is 4.90 Å². The highest BCUT2D eigenvalue weighted by Crippen LogP contribution is 2.23. The van der Waals surface area contributed by atoms with Gasteiger partial charge in [-0.2, -0.15) is 13.2 Å². The van der Waals surface area contributed by atoms with Crippen LogP contribution in [0.3, 0.4) is 0 Å². The van der Waals surface area contributed by atoms with Gasteiger partial charge >= 0.3 is 6.18 Å². The van der Waals surface area contributed by atoms with Crippen molar-refractivity contribution in [3.05, 3.63) is 29.3 Å². The Hall–Kier alpha value is -1.27. The molecule has 0 aromatic heterocycles. The lowest BCUT2D eigenvalue weighted by Crippen LogP contribution is -2.30. The molecule has 0 heterocycles. The summed E-state index contributed by atoms with van der Waals surface area (Å²) in [7, 11) is 2.91. The second-order valence-electron chi connectivity index (χ2n) is 4.14. The summed E-state index contributed by atoms with van der Waals surface area (Å²) in [5.41, 5.74) is 7.08. The third-order valence-electron chi connectivity index (χ3n) is 2.47. The fourth-order valence-corrected chi connectivity index (χ4v) is 1.74. The van der Waals surface area contributed by atoms with Crippen LogP contribution in [0.15, 0.2) is 18.2 Å². The Morgan fingerprint density at radius 2 is 2.00 bits per heavy atom. The van der Waals surface area contributed by atoms with Crippen LogP contribution in [0.2, 0.25) is 0 Å². The van der Waals surface area contributed by atoms with Crippen molar-refractivity contribution in [2.75, 3.05) is 20.7 Å². The molecule has 0 atom stereocenters. The van der Waals surface area contributed by atoms with E-state index in [1.165, 1.54) is 19.1 Å². The van der Waals surface area contributed by atoms with Gasteiger partial charge in [0.1, 0.15) is 5.75 Å². The molecule has 0 amide bonds. The zero-order valence-corrected chi connectivity index (χ0v) is 10.4. The van der Waals surface area contributed by atoms with E-state index in [1.54, 1.807) is 18.2 Å². The lowest BCUT2D eigenvalue weighted by atomic mass is 10.1. The normalized spacial score (nSPS) is 11.9. The SMILES string of the molecule is COc1ccc(CN)cc1CN(C)CC(F)(F)F. The molecule has 0 fully saturated rings. The zero-order chi connectivity index (χ0) is 13.8. The Morgan fingerprint density at radius 3 is 2.50 bits per heavy atom. The molecule has 6 heteroatoms. The molecule has 0 radical (unpaired) electrons. The number of alkyl halides is 3. The smallest absolute Gasteiger partial charge is 0.401 e. The average molecular weight is 262 g/mol. The molecule has 2 N–H and O–H groups in total. The largest absolute Gasteiger partial charge is 0.496 e. The zero-order valence-electron chi connectivity index (χ0n) is 10.4. The van der Waals surface area contributed by atoms with Crippen LogP contribution in [-0.2, 0) is 13.1 Å². The Bertz CT molecular complexity index is 393. The molecule has 0 saturated heterocycles. The summed E-state index contributed by atoms with van der Waals surface area (Å²) in [6.45, 7) is -0.445. The molecule has 0 spiro atoms. The topological polar surface area (TPSA) is 38.5 Å². The van der Waals surface area contributed by atoms with Crippen LogP contribution in [0.5, 0.6) is 5.75 Å². The number of hydrogen-bond donors (Lipinski definition) is 1. The van der Waals surface area contributed by atoms with E-state index in [1.807, 2.05) is 0 Å². The highest BCUT2D eigenvalue weighted by Gasteiger charge is 2.29. The summed E-state index contributed by atoms with van der Waals surface area (Å²) < 4.78 is 41.9. The van der Waals surface area contributed by atoms with Crippen molar-refractivity contribution in [2.45, 2.75) is 19.3 Å². The van der Waals surface area contributed by atoms with Crippen LogP contribution >= 0.6 is 0 Å². The molecule has 18 heavy (non-hydrogen) atoms. The highest BCUT2D eigenvalue weighted by atomic mass is 19.4. The number of hydrogen-bond acceptors (Lipinski definition) is 3. The average Bonchev–Trinajstić information content (AvgIpc) is 2.26. The number of ether oxygens (including phenoxy) is 1.